The number of aromatic nitrogens is 1. The number of nitrogens with one attached hydrogen (secondary N) is 2. The van der Waals surface area contributed by atoms with Crippen LogP contribution >= 0.6 is 0 Å². The first-order valence-corrected chi connectivity index (χ1v) is 5.97. The molecule has 0 aromatic carbocycles. The first-order valence-electron chi connectivity index (χ1n) is 5.97. The van der Waals surface area contributed by atoms with Crippen molar-refractivity contribution in [2.75, 3.05) is 6.54 Å². The van der Waals surface area contributed by atoms with Gasteiger partial charge in [0.05, 0.1) is 5.56 Å². The Morgan fingerprint density at radius 2 is 2.00 bits per heavy atom. The molecule has 0 aliphatic rings. The third kappa shape index (κ3) is 3.33. The van der Waals surface area contributed by atoms with Crippen molar-refractivity contribution < 1.29 is 9.59 Å². The Morgan fingerprint density at radius 1 is 1.39 bits per heavy atom. The standard InChI is InChI=1S/C12H20N4O2/c1-3-12(14,4-2)7-16-11(18)9-5-8(6-15-9)10(13)17/h5-6,15H,3-4,7,14H2,1-2H3,(H2,13,17)(H,16,18). The number of amides is 2. The molecule has 1 heterocycles. The van der Waals surface area contributed by atoms with Crippen LogP contribution in [0.25, 0.3) is 0 Å². The summed E-state index contributed by atoms with van der Waals surface area (Å²) in [6, 6.07) is 1.42. The van der Waals surface area contributed by atoms with Crippen molar-refractivity contribution in [2.24, 2.45) is 11.5 Å². The van der Waals surface area contributed by atoms with E-state index >= 15 is 0 Å². The Hall–Kier alpha value is -1.82. The molecule has 0 unspecified atom stereocenters. The summed E-state index contributed by atoms with van der Waals surface area (Å²) in [5, 5.41) is 2.75. The smallest absolute Gasteiger partial charge is 0.267 e. The monoisotopic (exact) mass is 252 g/mol. The Kier molecular flexibility index (Phi) is 4.49. The Balaban J connectivity index is 2.62. The van der Waals surface area contributed by atoms with Crippen molar-refractivity contribution in [3.05, 3.63) is 23.5 Å². The summed E-state index contributed by atoms with van der Waals surface area (Å²) < 4.78 is 0. The van der Waals surface area contributed by atoms with Gasteiger partial charge < -0.3 is 21.8 Å². The maximum Gasteiger partial charge on any atom is 0.267 e. The quantitative estimate of drug-likeness (QED) is 0.586. The molecule has 1 aromatic heterocycles. The van der Waals surface area contributed by atoms with Crippen molar-refractivity contribution in [2.45, 2.75) is 32.2 Å². The predicted molar refractivity (Wildman–Crippen MR) is 69.1 cm³/mol. The van der Waals surface area contributed by atoms with Crippen molar-refractivity contribution >= 4 is 11.8 Å². The minimum atomic E-state index is -0.569. The number of nitrogens with two attached hydrogens (primary N) is 2. The number of H-pyrrole nitrogens is 1. The Bertz CT molecular complexity index is 435. The molecule has 0 aliphatic carbocycles. The average molecular weight is 252 g/mol. The maximum absolute atomic E-state index is 11.8. The van der Waals surface area contributed by atoms with Crippen LogP contribution in [0.3, 0.4) is 0 Å². The molecule has 1 aromatic rings. The fraction of sp³-hybridized carbons (Fsp3) is 0.500. The van der Waals surface area contributed by atoms with Crippen molar-refractivity contribution in [3.63, 3.8) is 0 Å². The summed E-state index contributed by atoms with van der Waals surface area (Å²) >= 11 is 0. The molecule has 6 heteroatoms. The van der Waals surface area contributed by atoms with Crippen LogP contribution in [0.4, 0.5) is 0 Å². The molecular formula is C12H20N4O2. The third-order valence-electron chi connectivity index (χ3n) is 3.22. The number of carbonyl (C=O) groups is 2. The maximum atomic E-state index is 11.8. The van der Waals surface area contributed by atoms with Crippen molar-refractivity contribution in [1.29, 1.82) is 0 Å². The Labute approximate surface area is 106 Å². The number of rotatable bonds is 6. The number of hydrogen-bond acceptors (Lipinski definition) is 3. The molecule has 6 nitrogen and oxygen atoms in total. The van der Waals surface area contributed by atoms with Gasteiger partial charge in [0.2, 0.25) is 5.91 Å². The van der Waals surface area contributed by atoms with E-state index in [0.29, 0.717) is 12.2 Å². The highest BCUT2D eigenvalue weighted by Crippen LogP contribution is 2.10. The molecule has 18 heavy (non-hydrogen) atoms. The topological polar surface area (TPSA) is 114 Å². The largest absolute Gasteiger partial charge is 0.366 e. The van der Waals surface area contributed by atoms with Crippen LogP contribution in [-0.2, 0) is 0 Å². The van der Waals surface area contributed by atoms with Crippen LogP contribution < -0.4 is 16.8 Å². The minimum absolute atomic E-state index is 0.283. The molecule has 0 spiro atoms. The van der Waals surface area contributed by atoms with E-state index in [2.05, 4.69) is 10.3 Å². The van der Waals surface area contributed by atoms with E-state index in [-0.39, 0.29) is 11.5 Å². The Morgan fingerprint density at radius 3 is 2.44 bits per heavy atom. The SMILES string of the molecule is CCC(N)(CC)CNC(=O)c1cc(C(N)=O)c[nH]1. The lowest BCUT2D eigenvalue weighted by Gasteiger charge is -2.26. The van der Waals surface area contributed by atoms with Gasteiger partial charge in [0.25, 0.3) is 5.91 Å². The molecule has 100 valence electrons. The number of aromatic amines is 1. The first kappa shape index (κ1) is 14.2. The summed E-state index contributed by atoms with van der Waals surface area (Å²) in [6.45, 7) is 4.36. The number of carbonyl (C=O) groups excluding carboxylic acids is 2. The van der Waals surface area contributed by atoms with E-state index in [0.717, 1.165) is 12.8 Å². The molecule has 6 N–H and O–H groups in total. The predicted octanol–water partition coefficient (Wildman–Crippen LogP) is 0.361. The average Bonchev–Trinajstić information content (AvgIpc) is 2.85. The van der Waals surface area contributed by atoms with Gasteiger partial charge in [-0.2, -0.15) is 0 Å². The highest BCUT2D eigenvalue weighted by Gasteiger charge is 2.21. The highest BCUT2D eigenvalue weighted by molar-refractivity contribution is 5.98. The molecule has 0 saturated carbocycles. The lowest BCUT2D eigenvalue weighted by molar-refractivity contribution is 0.0937. The van der Waals surface area contributed by atoms with Crippen LogP contribution in [-0.4, -0.2) is 28.9 Å². The van der Waals surface area contributed by atoms with E-state index in [9.17, 15) is 9.59 Å². The molecule has 0 fully saturated rings. The molecule has 0 atom stereocenters. The molecule has 0 radical (unpaired) electrons. The normalized spacial score (nSPS) is 11.3. The molecule has 0 aliphatic heterocycles. The van der Waals surface area contributed by atoms with Gasteiger partial charge in [0.15, 0.2) is 0 Å². The first-order chi connectivity index (χ1) is 8.41. The van der Waals surface area contributed by atoms with Gasteiger partial charge in [-0.05, 0) is 18.9 Å². The van der Waals surface area contributed by atoms with Crippen LogP contribution in [0.2, 0.25) is 0 Å². The van der Waals surface area contributed by atoms with Gasteiger partial charge in [-0.25, -0.2) is 0 Å². The molecule has 0 saturated heterocycles. The minimum Gasteiger partial charge on any atom is -0.366 e. The van der Waals surface area contributed by atoms with Crippen LogP contribution in [0.15, 0.2) is 12.3 Å². The van der Waals surface area contributed by atoms with Gasteiger partial charge in [0.1, 0.15) is 5.69 Å². The third-order valence-corrected chi connectivity index (χ3v) is 3.22. The highest BCUT2D eigenvalue weighted by atomic mass is 16.2. The molecule has 1 rings (SSSR count). The van der Waals surface area contributed by atoms with E-state index < -0.39 is 11.4 Å². The van der Waals surface area contributed by atoms with E-state index in [1.807, 2.05) is 13.8 Å². The summed E-state index contributed by atoms with van der Waals surface area (Å²) in [7, 11) is 0. The van der Waals surface area contributed by atoms with Crippen molar-refractivity contribution in [3.8, 4) is 0 Å². The van der Waals surface area contributed by atoms with Gasteiger partial charge in [0, 0.05) is 18.3 Å². The van der Waals surface area contributed by atoms with Crippen LogP contribution in [0.1, 0.15) is 47.5 Å². The fourth-order valence-corrected chi connectivity index (χ4v) is 1.52. The summed E-state index contributed by atoms with van der Waals surface area (Å²) in [4.78, 5) is 25.4. The van der Waals surface area contributed by atoms with Crippen LogP contribution in [0.5, 0.6) is 0 Å². The van der Waals surface area contributed by atoms with Crippen LogP contribution in [0, 0.1) is 0 Å². The lowest BCUT2D eigenvalue weighted by atomic mass is 9.94. The summed E-state index contributed by atoms with van der Waals surface area (Å²) in [5.74, 6) is -0.861. The zero-order valence-corrected chi connectivity index (χ0v) is 10.7. The molecular weight excluding hydrogens is 232 g/mol. The summed E-state index contributed by atoms with van der Waals surface area (Å²) in [5.41, 5.74) is 11.4. The van der Waals surface area contributed by atoms with E-state index in [1.54, 1.807) is 0 Å². The zero-order chi connectivity index (χ0) is 13.8. The number of primary amides is 1. The van der Waals surface area contributed by atoms with Gasteiger partial charge >= 0.3 is 0 Å². The van der Waals surface area contributed by atoms with Gasteiger partial charge in [-0.1, -0.05) is 13.8 Å². The number of hydrogen-bond donors (Lipinski definition) is 4. The van der Waals surface area contributed by atoms with E-state index in [1.165, 1.54) is 12.3 Å². The second kappa shape index (κ2) is 5.68. The van der Waals surface area contributed by atoms with Crippen molar-refractivity contribution in [1.82, 2.24) is 10.3 Å². The van der Waals surface area contributed by atoms with Gasteiger partial charge in [-0.3, -0.25) is 9.59 Å². The molecule has 2 amide bonds. The lowest BCUT2D eigenvalue weighted by Crippen LogP contribution is -2.49. The second-order valence-corrected chi connectivity index (χ2v) is 4.42. The summed E-state index contributed by atoms with van der Waals surface area (Å²) in [6.07, 6.45) is 2.97. The molecule has 0 bridgehead atoms. The van der Waals surface area contributed by atoms with E-state index in [4.69, 9.17) is 11.5 Å². The fourth-order valence-electron chi connectivity index (χ4n) is 1.52. The second-order valence-electron chi connectivity index (χ2n) is 4.42. The van der Waals surface area contributed by atoms with Gasteiger partial charge in [-0.15, -0.1) is 0 Å². The zero-order valence-electron chi connectivity index (χ0n) is 10.7.